The molecular formula is C22H18N2O3. The van der Waals surface area contributed by atoms with Gasteiger partial charge in [-0.3, -0.25) is 4.79 Å². The number of ether oxygens (including phenoxy) is 1. The van der Waals surface area contributed by atoms with Gasteiger partial charge in [-0.25, -0.2) is 0 Å². The lowest BCUT2D eigenvalue weighted by Gasteiger charge is -2.05. The molecule has 0 unspecified atom stereocenters. The van der Waals surface area contributed by atoms with E-state index in [1.165, 1.54) is 6.08 Å². The van der Waals surface area contributed by atoms with Crippen LogP contribution in [-0.4, -0.2) is 13.0 Å². The summed E-state index contributed by atoms with van der Waals surface area (Å²) in [5.74, 6) is 1.29. The highest BCUT2D eigenvalue weighted by molar-refractivity contribution is 6.09. The lowest BCUT2D eigenvalue weighted by atomic mass is 10.1. The Morgan fingerprint density at radius 1 is 1.07 bits per heavy atom. The number of methoxy groups -OCH3 is 1. The van der Waals surface area contributed by atoms with E-state index >= 15 is 0 Å². The van der Waals surface area contributed by atoms with Crippen molar-refractivity contribution in [3.63, 3.8) is 0 Å². The highest BCUT2D eigenvalue weighted by Crippen LogP contribution is 2.24. The number of anilines is 1. The number of aryl methyl sites for hydroxylation is 1. The van der Waals surface area contributed by atoms with E-state index < -0.39 is 5.91 Å². The summed E-state index contributed by atoms with van der Waals surface area (Å²) in [4.78, 5) is 12.3. The van der Waals surface area contributed by atoms with E-state index in [4.69, 9.17) is 9.15 Å². The summed E-state index contributed by atoms with van der Waals surface area (Å²) in [5, 5.41) is 12.0. The number of amides is 1. The monoisotopic (exact) mass is 358 g/mol. The zero-order chi connectivity index (χ0) is 19.2. The molecule has 0 aliphatic carbocycles. The molecule has 1 aromatic heterocycles. The SMILES string of the molecule is COc1ccc(NC(=O)/C(C#N)=C\c2ccc(-c3ccc(C)cc3)o2)cc1. The number of rotatable bonds is 5. The molecule has 0 saturated heterocycles. The van der Waals surface area contributed by atoms with Crippen LogP contribution in [0.4, 0.5) is 5.69 Å². The normalized spacial score (nSPS) is 10.9. The Bertz CT molecular complexity index is 1010. The number of nitrogens with one attached hydrogen (secondary N) is 1. The molecule has 2 aromatic carbocycles. The summed E-state index contributed by atoms with van der Waals surface area (Å²) in [6.45, 7) is 2.01. The van der Waals surface area contributed by atoms with Crippen LogP contribution in [0.25, 0.3) is 17.4 Å². The first-order valence-corrected chi connectivity index (χ1v) is 8.33. The number of carbonyl (C=O) groups excluding carboxylic acids is 1. The van der Waals surface area contributed by atoms with Crippen LogP contribution < -0.4 is 10.1 Å². The summed E-state index contributed by atoms with van der Waals surface area (Å²) in [6, 6.07) is 20.2. The number of nitrogens with zero attached hydrogens (tertiary/aromatic N) is 1. The van der Waals surface area contributed by atoms with E-state index in [2.05, 4.69) is 5.32 Å². The minimum Gasteiger partial charge on any atom is -0.497 e. The van der Waals surface area contributed by atoms with Crippen LogP contribution in [-0.2, 0) is 4.79 Å². The Morgan fingerprint density at radius 3 is 2.41 bits per heavy atom. The van der Waals surface area contributed by atoms with Crippen LogP contribution in [0.15, 0.2) is 70.7 Å². The minimum absolute atomic E-state index is 0.0457. The van der Waals surface area contributed by atoms with Gasteiger partial charge in [-0.1, -0.05) is 29.8 Å². The smallest absolute Gasteiger partial charge is 0.266 e. The van der Waals surface area contributed by atoms with Crippen molar-refractivity contribution in [2.75, 3.05) is 12.4 Å². The van der Waals surface area contributed by atoms with Crippen LogP contribution in [0, 0.1) is 18.3 Å². The third kappa shape index (κ3) is 4.44. The molecule has 0 aliphatic heterocycles. The van der Waals surface area contributed by atoms with Gasteiger partial charge >= 0.3 is 0 Å². The van der Waals surface area contributed by atoms with Gasteiger partial charge in [0.15, 0.2) is 0 Å². The molecule has 3 rings (SSSR count). The predicted molar refractivity (Wildman–Crippen MR) is 104 cm³/mol. The van der Waals surface area contributed by atoms with Crippen LogP contribution in [0.1, 0.15) is 11.3 Å². The fourth-order valence-electron chi connectivity index (χ4n) is 2.47. The number of furan rings is 1. The first kappa shape index (κ1) is 18.0. The average molecular weight is 358 g/mol. The Kier molecular flexibility index (Phi) is 5.38. The molecule has 0 spiro atoms. The molecule has 5 heteroatoms. The zero-order valence-corrected chi connectivity index (χ0v) is 15.0. The van der Waals surface area contributed by atoms with Crippen LogP contribution in [0.2, 0.25) is 0 Å². The highest BCUT2D eigenvalue weighted by Gasteiger charge is 2.11. The van der Waals surface area contributed by atoms with Crippen molar-refractivity contribution >= 4 is 17.7 Å². The van der Waals surface area contributed by atoms with Crippen molar-refractivity contribution in [1.82, 2.24) is 0 Å². The van der Waals surface area contributed by atoms with E-state index in [1.807, 2.05) is 43.3 Å². The standard InChI is InChI=1S/C22H18N2O3/c1-15-3-5-16(6-4-15)21-12-11-20(27-21)13-17(14-23)22(25)24-18-7-9-19(26-2)10-8-18/h3-13H,1-2H3,(H,24,25)/b17-13-. The van der Waals surface area contributed by atoms with Gasteiger partial charge in [0.2, 0.25) is 0 Å². The van der Waals surface area contributed by atoms with Crippen molar-refractivity contribution in [2.45, 2.75) is 6.92 Å². The first-order chi connectivity index (χ1) is 13.1. The second-order valence-electron chi connectivity index (χ2n) is 5.92. The van der Waals surface area contributed by atoms with Crippen molar-refractivity contribution in [2.24, 2.45) is 0 Å². The lowest BCUT2D eigenvalue weighted by Crippen LogP contribution is -2.13. The number of hydrogen-bond acceptors (Lipinski definition) is 4. The fraction of sp³-hybridized carbons (Fsp3) is 0.0909. The number of benzene rings is 2. The fourth-order valence-corrected chi connectivity index (χ4v) is 2.47. The summed E-state index contributed by atoms with van der Waals surface area (Å²) in [7, 11) is 1.57. The van der Waals surface area contributed by atoms with Gasteiger partial charge in [-0.2, -0.15) is 5.26 Å². The lowest BCUT2D eigenvalue weighted by molar-refractivity contribution is -0.112. The molecule has 0 radical (unpaired) electrons. The van der Waals surface area contributed by atoms with Gasteiger partial charge in [-0.05, 0) is 43.3 Å². The van der Waals surface area contributed by atoms with Gasteiger partial charge < -0.3 is 14.5 Å². The molecule has 1 amide bonds. The largest absolute Gasteiger partial charge is 0.497 e. The van der Waals surface area contributed by atoms with Gasteiger partial charge in [0.1, 0.15) is 28.9 Å². The molecule has 0 fully saturated rings. The molecule has 1 heterocycles. The van der Waals surface area contributed by atoms with Crippen molar-refractivity contribution in [3.05, 3.63) is 77.6 Å². The van der Waals surface area contributed by atoms with Crippen molar-refractivity contribution in [3.8, 4) is 23.1 Å². The molecule has 3 aromatic rings. The van der Waals surface area contributed by atoms with E-state index in [0.29, 0.717) is 23.0 Å². The van der Waals surface area contributed by atoms with Gasteiger partial charge in [0.05, 0.1) is 7.11 Å². The molecule has 0 bridgehead atoms. The predicted octanol–water partition coefficient (Wildman–Crippen LogP) is 4.81. The maximum absolute atomic E-state index is 12.3. The second kappa shape index (κ2) is 8.07. The number of hydrogen-bond donors (Lipinski definition) is 1. The Labute approximate surface area is 157 Å². The summed E-state index contributed by atoms with van der Waals surface area (Å²) >= 11 is 0. The quantitative estimate of drug-likeness (QED) is 0.525. The third-order valence-electron chi connectivity index (χ3n) is 3.96. The third-order valence-corrected chi connectivity index (χ3v) is 3.96. The molecule has 0 atom stereocenters. The molecule has 5 nitrogen and oxygen atoms in total. The minimum atomic E-state index is -0.504. The number of nitriles is 1. The Hall–Kier alpha value is -3.78. The maximum atomic E-state index is 12.3. The molecule has 134 valence electrons. The summed E-state index contributed by atoms with van der Waals surface area (Å²) in [6.07, 6.45) is 1.43. The highest BCUT2D eigenvalue weighted by atomic mass is 16.5. The van der Waals surface area contributed by atoms with Crippen LogP contribution in [0.5, 0.6) is 5.75 Å². The van der Waals surface area contributed by atoms with Gasteiger partial charge in [-0.15, -0.1) is 0 Å². The van der Waals surface area contributed by atoms with Gasteiger partial charge in [0, 0.05) is 17.3 Å². The molecule has 1 N–H and O–H groups in total. The maximum Gasteiger partial charge on any atom is 0.266 e. The molecule has 0 aliphatic rings. The molecular weight excluding hydrogens is 340 g/mol. The van der Waals surface area contributed by atoms with E-state index in [0.717, 1.165) is 11.1 Å². The van der Waals surface area contributed by atoms with E-state index in [1.54, 1.807) is 37.4 Å². The topological polar surface area (TPSA) is 75.3 Å². The molecule has 27 heavy (non-hydrogen) atoms. The summed E-state index contributed by atoms with van der Waals surface area (Å²) in [5.41, 5.74) is 2.62. The van der Waals surface area contributed by atoms with E-state index in [-0.39, 0.29) is 5.57 Å². The first-order valence-electron chi connectivity index (χ1n) is 8.33. The van der Waals surface area contributed by atoms with E-state index in [9.17, 15) is 10.1 Å². The summed E-state index contributed by atoms with van der Waals surface area (Å²) < 4.78 is 10.8. The van der Waals surface area contributed by atoms with Crippen LogP contribution >= 0.6 is 0 Å². The van der Waals surface area contributed by atoms with Crippen LogP contribution in [0.3, 0.4) is 0 Å². The molecule has 0 saturated carbocycles. The number of carbonyl (C=O) groups is 1. The van der Waals surface area contributed by atoms with Gasteiger partial charge in [0.25, 0.3) is 5.91 Å². The Morgan fingerprint density at radius 2 is 1.78 bits per heavy atom. The average Bonchev–Trinajstić information content (AvgIpc) is 3.16. The Balaban J connectivity index is 1.76. The zero-order valence-electron chi connectivity index (χ0n) is 15.0. The van der Waals surface area contributed by atoms with Crippen molar-refractivity contribution in [1.29, 1.82) is 5.26 Å². The van der Waals surface area contributed by atoms with Crippen molar-refractivity contribution < 1.29 is 13.9 Å². The second-order valence-corrected chi connectivity index (χ2v) is 5.92.